The molecule has 128 valence electrons. The van der Waals surface area contributed by atoms with Crippen molar-refractivity contribution in [3.8, 4) is 17.2 Å². The van der Waals surface area contributed by atoms with Crippen LogP contribution in [0, 0.1) is 6.92 Å². The summed E-state index contributed by atoms with van der Waals surface area (Å²) in [6.45, 7) is 3.82. The van der Waals surface area contributed by atoms with E-state index in [0.29, 0.717) is 6.54 Å². The van der Waals surface area contributed by atoms with Gasteiger partial charge in [0.15, 0.2) is 11.5 Å². The zero-order valence-electron chi connectivity index (χ0n) is 14.1. The summed E-state index contributed by atoms with van der Waals surface area (Å²) >= 11 is 0. The highest BCUT2D eigenvalue weighted by molar-refractivity contribution is 5.44. The predicted octanol–water partition coefficient (Wildman–Crippen LogP) is 2.60. The third-order valence-corrected chi connectivity index (χ3v) is 3.84. The fourth-order valence-corrected chi connectivity index (χ4v) is 2.73. The van der Waals surface area contributed by atoms with E-state index >= 15 is 0 Å². The molecule has 2 aromatic carbocycles. The minimum Gasteiger partial charge on any atom is -0.491 e. The fraction of sp³-hybridized carbons (Fsp3) is 0.368. The molecule has 5 nitrogen and oxygen atoms in total. The van der Waals surface area contributed by atoms with Crippen molar-refractivity contribution >= 4 is 0 Å². The standard InChI is InChI=1S/C19H23NO4/c1-14-4-3-5-17(8-14)22-12-16(21)11-20(2)10-15-6-7-18-19(9-15)24-13-23-18/h3-9,16,21H,10-13H2,1-2H3. The van der Waals surface area contributed by atoms with E-state index in [4.69, 9.17) is 14.2 Å². The zero-order chi connectivity index (χ0) is 16.9. The lowest BCUT2D eigenvalue weighted by atomic mass is 10.2. The van der Waals surface area contributed by atoms with E-state index in [2.05, 4.69) is 4.90 Å². The van der Waals surface area contributed by atoms with Crippen LogP contribution in [0.1, 0.15) is 11.1 Å². The molecule has 1 atom stereocenters. The Morgan fingerprint density at radius 3 is 2.83 bits per heavy atom. The van der Waals surface area contributed by atoms with Gasteiger partial charge in [0.1, 0.15) is 18.5 Å². The molecule has 5 heteroatoms. The fourth-order valence-electron chi connectivity index (χ4n) is 2.73. The van der Waals surface area contributed by atoms with Crippen LogP contribution in [0.2, 0.25) is 0 Å². The summed E-state index contributed by atoms with van der Waals surface area (Å²) in [6.07, 6.45) is -0.551. The van der Waals surface area contributed by atoms with E-state index in [-0.39, 0.29) is 13.4 Å². The van der Waals surface area contributed by atoms with Crippen LogP contribution in [0.3, 0.4) is 0 Å². The topological polar surface area (TPSA) is 51.2 Å². The van der Waals surface area contributed by atoms with Crippen molar-refractivity contribution < 1.29 is 19.3 Å². The van der Waals surface area contributed by atoms with Crippen LogP contribution < -0.4 is 14.2 Å². The predicted molar refractivity (Wildman–Crippen MR) is 91.6 cm³/mol. The Kier molecular flexibility index (Phi) is 5.23. The number of hydrogen-bond acceptors (Lipinski definition) is 5. The van der Waals surface area contributed by atoms with Crippen molar-refractivity contribution in [3.05, 3.63) is 53.6 Å². The number of aliphatic hydroxyl groups is 1. The Morgan fingerprint density at radius 1 is 1.17 bits per heavy atom. The lowest BCUT2D eigenvalue weighted by Gasteiger charge is -2.21. The van der Waals surface area contributed by atoms with Crippen molar-refractivity contribution in [2.75, 3.05) is 27.0 Å². The molecule has 0 bridgehead atoms. The number of aliphatic hydroxyl groups excluding tert-OH is 1. The molecule has 0 spiro atoms. The van der Waals surface area contributed by atoms with Gasteiger partial charge in [-0.25, -0.2) is 0 Å². The molecule has 0 radical (unpaired) electrons. The number of aryl methyl sites for hydroxylation is 1. The van der Waals surface area contributed by atoms with Crippen LogP contribution in [0.25, 0.3) is 0 Å². The van der Waals surface area contributed by atoms with Gasteiger partial charge in [-0.05, 0) is 49.4 Å². The van der Waals surface area contributed by atoms with Crippen LogP contribution in [0.15, 0.2) is 42.5 Å². The second-order valence-corrected chi connectivity index (χ2v) is 6.17. The lowest BCUT2D eigenvalue weighted by Crippen LogP contribution is -2.32. The smallest absolute Gasteiger partial charge is 0.231 e. The average molecular weight is 329 g/mol. The number of ether oxygens (including phenoxy) is 3. The van der Waals surface area contributed by atoms with Gasteiger partial charge in [-0.15, -0.1) is 0 Å². The molecule has 1 aliphatic rings. The van der Waals surface area contributed by atoms with Gasteiger partial charge in [0, 0.05) is 13.1 Å². The van der Waals surface area contributed by atoms with Gasteiger partial charge >= 0.3 is 0 Å². The molecule has 3 rings (SSSR count). The summed E-state index contributed by atoms with van der Waals surface area (Å²) in [6, 6.07) is 13.7. The van der Waals surface area contributed by atoms with Crippen LogP contribution in [0.4, 0.5) is 0 Å². The highest BCUT2D eigenvalue weighted by Gasteiger charge is 2.15. The van der Waals surface area contributed by atoms with Gasteiger partial charge in [0.25, 0.3) is 0 Å². The summed E-state index contributed by atoms with van der Waals surface area (Å²) < 4.78 is 16.3. The first-order valence-corrected chi connectivity index (χ1v) is 8.05. The minimum absolute atomic E-state index is 0.273. The second-order valence-electron chi connectivity index (χ2n) is 6.17. The van der Waals surface area contributed by atoms with Crippen LogP contribution in [-0.2, 0) is 6.54 Å². The van der Waals surface area contributed by atoms with E-state index in [1.54, 1.807) is 0 Å². The number of fused-ring (bicyclic) bond motifs is 1. The molecule has 0 saturated heterocycles. The van der Waals surface area contributed by atoms with Crippen LogP contribution in [0.5, 0.6) is 17.2 Å². The van der Waals surface area contributed by atoms with Crippen molar-refractivity contribution in [1.29, 1.82) is 0 Å². The van der Waals surface area contributed by atoms with Crippen LogP contribution >= 0.6 is 0 Å². The molecule has 0 saturated carbocycles. The Morgan fingerprint density at radius 2 is 2.00 bits per heavy atom. The van der Waals surface area contributed by atoms with Gasteiger partial charge in [0.05, 0.1) is 0 Å². The Bertz CT molecular complexity index is 689. The van der Waals surface area contributed by atoms with E-state index in [0.717, 1.165) is 34.9 Å². The molecular formula is C19H23NO4. The molecule has 0 amide bonds. The first-order chi connectivity index (χ1) is 11.6. The number of benzene rings is 2. The average Bonchev–Trinajstić information content (AvgIpc) is 3.00. The Labute approximate surface area is 142 Å². The highest BCUT2D eigenvalue weighted by atomic mass is 16.7. The third-order valence-electron chi connectivity index (χ3n) is 3.84. The molecule has 0 aliphatic carbocycles. The largest absolute Gasteiger partial charge is 0.491 e. The molecule has 0 aromatic heterocycles. The molecule has 0 fully saturated rings. The lowest BCUT2D eigenvalue weighted by molar-refractivity contribution is 0.0743. The molecule has 1 unspecified atom stereocenters. The third kappa shape index (κ3) is 4.40. The number of hydrogen-bond donors (Lipinski definition) is 1. The summed E-state index contributed by atoms with van der Waals surface area (Å²) in [4.78, 5) is 2.06. The van der Waals surface area contributed by atoms with Crippen molar-refractivity contribution in [2.24, 2.45) is 0 Å². The van der Waals surface area contributed by atoms with Crippen molar-refractivity contribution in [3.63, 3.8) is 0 Å². The Hall–Kier alpha value is -2.24. The monoisotopic (exact) mass is 329 g/mol. The maximum Gasteiger partial charge on any atom is 0.231 e. The van der Waals surface area contributed by atoms with Crippen molar-refractivity contribution in [1.82, 2.24) is 4.90 Å². The number of rotatable bonds is 7. The molecule has 1 N–H and O–H groups in total. The van der Waals surface area contributed by atoms with E-state index < -0.39 is 6.10 Å². The number of nitrogens with zero attached hydrogens (tertiary/aromatic N) is 1. The summed E-state index contributed by atoms with van der Waals surface area (Å²) in [5, 5.41) is 10.2. The molecule has 1 heterocycles. The normalized spacial score (nSPS) is 14.0. The van der Waals surface area contributed by atoms with E-state index in [9.17, 15) is 5.11 Å². The van der Waals surface area contributed by atoms with Gasteiger partial charge in [-0.3, -0.25) is 4.90 Å². The maximum absolute atomic E-state index is 10.2. The maximum atomic E-state index is 10.2. The highest BCUT2D eigenvalue weighted by Crippen LogP contribution is 2.32. The van der Waals surface area contributed by atoms with E-state index in [1.807, 2.05) is 56.4 Å². The minimum atomic E-state index is -0.551. The molecule has 24 heavy (non-hydrogen) atoms. The van der Waals surface area contributed by atoms with Crippen molar-refractivity contribution in [2.45, 2.75) is 19.6 Å². The van der Waals surface area contributed by atoms with Crippen LogP contribution in [-0.4, -0.2) is 43.1 Å². The van der Waals surface area contributed by atoms with Gasteiger partial charge in [-0.1, -0.05) is 18.2 Å². The summed E-state index contributed by atoms with van der Waals surface area (Å²) in [5.74, 6) is 2.35. The van der Waals surface area contributed by atoms with Gasteiger partial charge in [-0.2, -0.15) is 0 Å². The zero-order valence-corrected chi connectivity index (χ0v) is 14.1. The Balaban J connectivity index is 1.46. The van der Waals surface area contributed by atoms with E-state index in [1.165, 1.54) is 0 Å². The molecular weight excluding hydrogens is 306 g/mol. The molecule has 2 aromatic rings. The van der Waals surface area contributed by atoms with Gasteiger partial charge < -0.3 is 19.3 Å². The first kappa shape index (κ1) is 16.6. The van der Waals surface area contributed by atoms with Gasteiger partial charge in [0.2, 0.25) is 6.79 Å². The molecule has 1 aliphatic heterocycles. The summed E-state index contributed by atoms with van der Waals surface area (Å²) in [5.41, 5.74) is 2.26. The first-order valence-electron chi connectivity index (χ1n) is 8.05. The number of likely N-dealkylation sites (N-methyl/N-ethyl adjacent to an activating group) is 1. The quantitative estimate of drug-likeness (QED) is 0.846. The summed E-state index contributed by atoms with van der Waals surface area (Å²) in [7, 11) is 1.97. The second kappa shape index (κ2) is 7.55. The SMILES string of the molecule is Cc1cccc(OCC(O)CN(C)Cc2ccc3c(c2)OCO3)c1.